The molecule has 0 saturated carbocycles. The first-order valence-corrected chi connectivity index (χ1v) is 10.1. The summed E-state index contributed by atoms with van der Waals surface area (Å²) in [6, 6.07) is 13.0. The summed E-state index contributed by atoms with van der Waals surface area (Å²) in [7, 11) is 0. The Morgan fingerprint density at radius 2 is 1.79 bits per heavy atom. The summed E-state index contributed by atoms with van der Waals surface area (Å²) in [5.74, 6) is 4.62. The second kappa shape index (κ2) is 9.52. The van der Waals surface area contributed by atoms with Crippen LogP contribution in [-0.4, -0.2) is 5.16 Å². The molecule has 0 amide bonds. The molecule has 0 aliphatic rings. The molecule has 0 spiro atoms. The number of rotatable bonds is 5. The molecule has 1 aromatic heterocycles. The fourth-order valence-electron chi connectivity index (χ4n) is 2.69. The van der Waals surface area contributed by atoms with Crippen LogP contribution in [0.1, 0.15) is 35.1 Å². The van der Waals surface area contributed by atoms with Crippen LogP contribution in [0.2, 0.25) is 0 Å². The van der Waals surface area contributed by atoms with E-state index < -0.39 is 11.6 Å². The molecule has 0 fully saturated rings. The van der Waals surface area contributed by atoms with Gasteiger partial charge in [0.05, 0.1) is 21.3 Å². The maximum Gasteiger partial charge on any atom is 0.139 e. The number of aryl methyl sites for hydroxylation is 1. The zero-order chi connectivity index (χ0) is 19.9. The highest BCUT2D eigenvalue weighted by molar-refractivity contribution is 7.78. The van der Waals surface area contributed by atoms with Gasteiger partial charge in [0.1, 0.15) is 11.6 Å². The summed E-state index contributed by atoms with van der Waals surface area (Å²) in [4.78, 5) is 5.96. The molecule has 1 nitrogen and oxygen atoms in total. The Labute approximate surface area is 172 Å². The number of benzene rings is 2. The molecule has 28 heavy (non-hydrogen) atoms. The first-order valence-electron chi connectivity index (χ1n) is 8.88. The Kier molecular flexibility index (Phi) is 6.84. The van der Waals surface area contributed by atoms with Crippen molar-refractivity contribution in [1.29, 1.82) is 0 Å². The van der Waals surface area contributed by atoms with E-state index in [1.807, 2.05) is 12.1 Å². The number of thiocarbonyl (C=S) groups is 1. The number of hydrogen-bond acceptors (Lipinski definition) is 3. The summed E-state index contributed by atoms with van der Waals surface area (Å²) in [6.07, 6.45) is 3.29. The molecule has 0 unspecified atom stereocenters. The number of halogens is 2. The summed E-state index contributed by atoms with van der Waals surface area (Å²) >= 11 is 6.15. The third-order valence-corrected chi connectivity index (χ3v) is 5.32. The van der Waals surface area contributed by atoms with Gasteiger partial charge in [0, 0.05) is 10.4 Å². The number of unbranched alkanes of at least 4 members (excludes halogenated alkanes) is 1. The van der Waals surface area contributed by atoms with Crippen LogP contribution < -0.4 is 0 Å². The smallest absolute Gasteiger partial charge is 0.139 e. The van der Waals surface area contributed by atoms with Crippen molar-refractivity contribution in [2.45, 2.75) is 26.2 Å². The van der Waals surface area contributed by atoms with E-state index in [0.29, 0.717) is 11.3 Å². The van der Waals surface area contributed by atoms with Crippen molar-refractivity contribution in [1.82, 2.24) is 0 Å². The Bertz CT molecular complexity index is 1080. The molecular weight excluding hydrogens is 392 g/mol. The van der Waals surface area contributed by atoms with Gasteiger partial charge in [-0.2, -0.15) is 4.99 Å². The van der Waals surface area contributed by atoms with Crippen LogP contribution in [0.5, 0.6) is 0 Å². The molecular formula is C23H17F2NS2. The first-order chi connectivity index (χ1) is 13.6. The van der Waals surface area contributed by atoms with Crippen LogP contribution in [0.3, 0.4) is 0 Å². The molecule has 0 radical (unpaired) electrons. The molecule has 1 heterocycles. The van der Waals surface area contributed by atoms with Crippen LogP contribution in [0.15, 0.2) is 53.5 Å². The van der Waals surface area contributed by atoms with E-state index in [0.717, 1.165) is 30.2 Å². The highest BCUT2D eigenvalue weighted by atomic mass is 32.1. The first kappa shape index (κ1) is 20.1. The van der Waals surface area contributed by atoms with Gasteiger partial charge in [-0.15, -0.1) is 11.3 Å². The number of nitrogens with zero attached hydrogens (tertiary/aromatic N) is 1. The lowest BCUT2D eigenvalue weighted by molar-refractivity contribution is 0.600. The van der Waals surface area contributed by atoms with Crippen LogP contribution >= 0.6 is 23.6 Å². The van der Waals surface area contributed by atoms with Gasteiger partial charge in [-0.05, 0) is 67.0 Å². The fraction of sp³-hybridized carbons (Fsp3) is 0.174. The van der Waals surface area contributed by atoms with Gasteiger partial charge >= 0.3 is 0 Å². The monoisotopic (exact) mass is 409 g/mol. The highest BCUT2D eigenvalue weighted by Gasteiger charge is 2.11. The molecule has 0 aliphatic carbocycles. The van der Waals surface area contributed by atoms with Gasteiger partial charge < -0.3 is 0 Å². The standard InChI is InChI=1S/C23H17F2NS2/c1-2-3-4-19-11-12-20(28-19)10-7-17-13-23(25)21(14-22(17)24)16-5-8-18(9-6-16)26-15-27/h5-6,8-9,11-14H,2-4H2,1H3. The highest BCUT2D eigenvalue weighted by Crippen LogP contribution is 2.27. The zero-order valence-corrected chi connectivity index (χ0v) is 16.9. The minimum Gasteiger partial charge on any atom is -0.206 e. The SMILES string of the molecule is CCCCc1ccc(C#Cc2cc(F)c(-c3ccc(N=C=S)cc3)cc2F)s1. The minimum atomic E-state index is -0.548. The van der Waals surface area contributed by atoms with Gasteiger partial charge in [-0.1, -0.05) is 37.3 Å². The van der Waals surface area contributed by atoms with E-state index in [-0.39, 0.29) is 11.1 Å². The van der Waals surface area contributed by atoms with E-state index in [1.165, 1.54) is 10.9 Å². The van der Waals surface area contributed by atoms with Crippen LogP contribution in [0.4, 0.5) is 14.5 Å². The zero-order valence-electron chi connectivity index (χ0n) is 15.3. The topological polar surface area (TPSA) is 12.4 Å². The summed E-state index contributed by atoms with van der Waals surface area (Å²) in [5.41, 5.74) is 1.39. The second-order valence-corrected chi connectivity index (χ2v) is 7.53. The lowest BCUT2D eigenvalue weighted by atomic mass is 10.0. The van der Waals surface area contributed by atoms with Crippen molar-refractivity contribution >= 4 is 34.4 Å². The maximum atomic E-state index is 14.5. The molecule has 3 rings (SSSR count). The molecule has 0 saturated heterocycles. The fourth-order valence-corrected chi connectivity index (χ4v) is 3.70. The predicted octanol–water partition coefficient (Wildman–Crippen LogP) is 7.17. The van der Waals surface area contributed by atoms with Crippen molar-refractivity contribution in [3.8, 4) is 23.0 Å². The summed E-state index contributed by atoms with van der Waals surface area (Å²) < 4.78 is 29.0. The van der Waals surface area contributed by atoms with E-state index in [4.69, 9.17) is 0 Å². The molecule has 0 bridgehead atoms. The van der Waals surface area contributed by atoms with Gasteiger partial charge in [0.2, 0.25) is 0 Å². The van der Waals surface area contributed by atoms with Gasteiger partial charge in [0.25, 0.3) is 0 Å². The average molecular weight is 410 g/mol. The number of aliphatic imine (C=N–C) groups is 1. The summed E-state index contributed by atoms with van der Waals surface area (Å²) in [6.45, 7) is 2.15. The average Bonchev–Trinajstić information content (AvgIpc) is 3.15. The quantitative estimate of drug-likeness (QED) is 0.247. The Balaban J connectivity index is 1.84. The Morgan fingerprint density at radius 1 is 1.00 bits per heavy atom. The Hall–Kier alpha value is -2.64. The van der Waals surface area contributed by atoms with Crippen molar-refractivity contribution in [2.24, 2.45) is 4.99 Å². The number of isothiocyanates is 1. The molecule has 5 heteroatoms. The van der Waals surface area contributed by atoms with Crippen LogP contribution in [-0.2, 0) is 6.42 Å². The molecule has 0 atom stereocenters. The lowest BCUT2D eigenvalue weighted by Gasteiger charge is -2.05. The van der Waals surface area contributed by atoms with Gasteiger partial charge in [-0.25, -0.2) is 8.78 Å². The van der Waals surface area contributed by atoms with E-state index in [9.17, 15) is 8.78 Å². The molecule has 0 N–H and O–H groups in total. The second-order valence-electron chi connectivity index (χ2n) is 6.18. The molecule has 3 aromatic rings. The van der Waals surface area contributed by atoms with Crippen molar-refractivity contribution in [2.75, 3.05) is 0 Å². The molecule has 0 aliphatic heterocycles. The largest absolute Gasteiger partial charge is 0.206 e. The van der Waals surface area contributed by atoms with E-state index in [1.54, 1.807) is 35.6 Å². The van der Waals surface area contributed by atoms with Crippen LogP contribution in [0.25, 0.3) is 11.1 Å². The van der Waals surface area contributed by atoms with Crippen LogP contribution in [0, 0.1) is 23.5 Å². The summed E-state index contributed by atoms with van der Waals surface area (Å²) in [5, 5.41) is 2.27. The van der Waals surface area contributed by atoms with Gasteiger partial charge in [-0.3, -0.25) is 0 Å². The number of hydrogen-bond donors (Lipinski definition) is 0. The lowest BCUT2D eigenvalue weighted by Crippen LogP contribution is -1.91. The molecule has 2 aromatic carbocycles. The number of thiophene rings is 1. The van der Waals surface area contributed by atoms with Crippen molar-refractivity contribution < 1.29 is 8.78 Å². The third kappa shape index (κ3) is 4.99. The van der Waals surface area contributed by atoms with E-state index in [2.05, 4.69) is 41.1 Å². The van der Waals surface area contributed by atoms with E-state index >= 15 is 0 Å². The normalized spacial score (nSPS) is 10.1. The predicted molar refractivity (Wildman–Crippen MR) is 115 cm³/mol. The minimum absolute atomic E-state index is 0.0479. The van der Waals surface area contributed by atoms with Crippen molar-refractivity contribution in [3.63, 3.8) is 0 Å². The van der Waals surface area contributed by atoms with Gasteiger partial charge in [0.15, 0.2) is 0 Å². The Morgan fingerprint density at radius 3 is 2.50 bits per heavy atom. The van der Waals surface area contributed by atoms with Crippen molar-refractivity contribution in [3.05, 3.63) is 75.5 Å². The molecule has 140 valence electrons. The maximum absolute atomic E-state index is 14.5. The third-order valence-electron chi connectivity index (χ3n) is 4.17.